The number of nitrogens with one attached hydrogen (secondary N) is 1. The molecule has 3 heteroatoms. The van der Waals surface area contributed by atoms with E-state index >= 15 is 0 Å². The number of rotatable bonds is 1. The van der Waals surface area contributed by atoms with Crippen LogP contribution in [0.5, 0.6) is 5.75 Å². The van der Waals surface area contributed by atoms with Crippen LogP contribution in [0.15, 0.2) is 89.7 Å². The van der Waals surface area contributed by atoms with Crippen molar-refractivity contribution in [3.63, 3.8) is 0 Å². The maximum atomic E-state index is 8.38. The third-order valence-corrected chi connectivity index (χ3v) is 7.58. The first kappa shape index (κ1) is 21.0. The average Bonchev–Trinajstić information content (AvgIpc) is 3.54. The van der Waals surface area contributed by atoms with Gasteiger partial charge in [0.1, 0.15) is 6.26 Å². The highest BCUT2D eigenvalue weighted by Gasteiger charge is 2.28. The maximum absolute atomic E-state index is 8.38. The summed E-state index contributed by atoms with van der Waals surface area (Å²) >= 11 is 0. The lowest BCUT2D eigenvalue weighted by atomic mass is 9.72. The first-order valence-electron chi connectivity index (χ1n) is 12.1. The van der Waals surface area contributed by atoms with E-state index in [0.717, 1.165) is 19.5 Å². The Morgan fingerprint density at radius 2 is 1.62 bits per heavy atom. The third kappa shape index (κ3) is 3.76. The quantitative estimate of drug-likeness (QED) is 0.269. The molecule has 1 aliphatic heterocycles. The molecule has 2 N–H and O–H groups in total. The number of fused-ring (bicyclic) bond motifs is 6. The lowest BCUT2D eigenvalue weighted by Gasteiger charge is -2.32. The van der Waals surface area contributed by atoms with Gasteiger partial charge in [-0.1, -0.05) is 73.7 Å². The second-order valence-corrected chi connectivity index (χ2v) is 9.69. The molecule has 0 saturated heterocycles. The zero-order valence-electron chi connectivity index (χ0n) is 19.4. The molecule has 1 aliphatic carbocycles. The van der Waals surface area contributed by atoms with E-state index in [-0.39, 0.29) is 5.75 Å². The molecule has 0 fully saturated rings. The number of furan rings is 1. The Morgan fingerprint density at radius 1 is 0.794 bits per heavy atom. The number of hydrogen-bond donors (Lipinski definition) is 2. The van der Waals surface area contributed by atoms with Crippen molar-refractivity contribution < 1.29 is 9.52 Å². The van der Waals surface area contributed by atoms with Gasteiger partial charge in [0.2, 0.25) is 0 Å². The molecule has 5 aromatic rings. The standard InChI is InChI=1S/C27H25N.C4H4O2/c1-17-12-19-9-11-24-23-5-3-2-4-18(23)8-10-25(24)27(19)14-26(17)20-6-7-21-15-28-16-22(21)13-20;5-4-1-2-6-3-4/h2-11,13,17,26,28H,12,14-16H2,1H3;1-3,5H. The Balaban J connectivity index is 0.000000318. The summed E-state index contributed by atoms with van der Waals surface area (Å²) in [5.74, 6) is 1.46. The zero-order chi connectivity index (χ0) is 23.1. The summed E-state index contributed by atoms with van der Waals surface area (Å²) in [6, 6.07) is 26.9. The van der Waals surface area contributed by atoms with Crippen LogP contribution in [0.4, 0.5) is 0 Å². The molecule has 0 saturated carbocycles. The van der Waals surface area contributed by atoms with E-state index in [1.807, 2.05) is 0 Å². The van der Waals surface area contributed by atoms with Crippen molar-refractivity contribution in [1.82, 2.24) is 5.32 Å². The molecule has 2 atom stereocenters. The smallest absolute Gasteiger partial charge is 0.153 e. The van der Waals surface area contributed by atoms with Gasteiger partial charge in [-0.2, -0.15) is 0 Å². The van der Waals surface area contributed by atoms with Crippen LogP contribution in [0.25, 0.3) is 21.5 Å². The summed E-state index contributed by atoms with van der Waals surface area (Å²) in [4.78, 5) is 0. The Hall–Kier alpha value is -3.56. The number of aromatic hydroxyl groups is 1. The molecular weight excluding hydrogens is 418 g/mol. The van der Waals surface area contributed by atoms with Crippen LogP contribution < -0.4 is 5.32 Å². The van der Waals surface area contributed by atoms with E-state index in [1.54, 1.807) is 11.1 Å². The van der Waals surface area contributed by atoms with E-state index in [9.17, 15) is 0 Å². The largest absolute Gasteiger partial charge is 0.505 e. The molecule has 2 unspecified atom stereocenters. The van der Waals surface area contributed by atoms with Crippen LogP contribution in [0.1, 0.15) is 40.7 Å². The van der Waals surface area contributed by atoms with Gasteiger partial charge < -0.3 is 14.8 Å². The van der Waals surface area contributed by atoms with Crippen molar-refractivity contribution >= 4 is 21.5 Å². The van der Waals surface area contributed by atoms with Crippen molar-refractivity contribution in [2.45, 2.75) is 38.8 Å². The highest BCUT2D eigenvalue weighted by molar-refractivity contribution is 6.08. The zero-order valence-corrected chi connectivity index (χ0v) is 19.4. The highest BCUT2D eigenvalue weighted by atomic mass is 16.3. The van der Waals surface area contributed by atoms with Gasteiger partial charge in [-0.05, 0) is 74.0 Å². The van der Waals surface area contributed by atoms with Gasteiger partial charge in [-0.3, -0.25) is 0 Å². The SMILES string of the molecule is CC1Cc2ccc3c(ccc4ccccc43)c2CC1c1ccc2c(c1)CNC2.Oc1ccoc1. The monoisotopic (exact) mass is 447 g/mol. The first-order chi connectivity index (χ1) is 16.7. The number of hydrogen-bond acceptors (Lipinski definition) is 3. The van der Waals surface area contributed by atoms with E-state index in [4.69, 9.17) is 5.11 Å². The second-order valence-electron chi connectivity index (χ2n) is 9.69. The molecule has 170 valence electrons. The minimum atomic E-state index is 0.176. The molecule has 0 spiro atoms. The van der Waals surface area contributed by atoms with E-state index in [2.05, 4.69) is 83.4 Å². The summed E-state index contributed by atoms with van der Waals surface area (Å²) in [6.07, 6.45) is 5.01. The third-order valence-electron chi connectivity index (χ3n) is 7.58. The maximum Gasteiger partial charge on any atom is 0.153 e. The van der Waals surface area contributed by atoms with Crippen LogP contribution in [-0.4, -0.2) is 5.11 Å². The van der Waals surface area contributed by atoms with Crippen molar-refractivity contribution in [1.29, 1.82) is 0 Å². The molecule has 0 radical (unpaired) electrons. The predicted octanol–water partition coefficient (Wildman–Crippen LogP) is 7.10. The Labute approximate surface area is 200 Å². The van der Waals surface area contributed by atoms with Gasteiger partial charge in [0, 0.05) is 19.2 Å². The van der Waals surface area contributed by atoms with Crippen molar-refractivity contribution in [2.75, 3.05) is 0 Å². The van der Waals surface area contributed by atoms with Gasteiger partial charge in [0.15, 0.2) is 5.75 Å². The fourth-order valence-corrected chi connectivity index (χ4v) is 5.79. The van der Waals surface area contributed by atoms with Crippen LogP contribution in [0, 0.1) is 5.92 Å². The van der Waals surface area contributed by atoms with Crippen molar-refractivity contribution in [2.24, 2.45) is 5.92 Å². The lowest BCUT2D eigenvalue weighted by molar-refractivity contribution is 0.429. The Bertz CT molecular complexity index is 1470. The first-order valence-corrected chi connectivity index (χ1v) is 12.1. The van der Waals surface area contributed by atoms with Gasteiger partial charge in [-0.25, -0.2) is 0 Å². The fourth-order valence-electron chi connectivity index (χ4n) is 5.79. The molecule has 2 aliphatic rings. The Morgan fingerprint density at radius 3 is 2.44 bits per heavy atom. The van der Waals surface area contributed by atoms with Gasteiger partial charge in [0.25, 0.3) is 0 Å². The highest BCUT2D eigenvalue weighted by Crippen LogP contribution is 2.41. The summed E-state index contributed by atoms with van der Waals surface area (Å²) in [5.41, 5.74) is 7.63. The Kier molecular flexibility index (Phi) is 5.35. The van der Waals surface area contributed by atoms with Crippen LogP contribution in [0.2, 0.25) is 0 Å². The van der Waals surface area contributed by atoms with Gasteiger partial charge >= 0.3 is 0 Å². The fraction of sp³-hybridized carbons (Fsp3) is 0.226. The van der Waals surface area contributed by atoms with Crippen LogP contribution >= 0.6 is 0 Å². The molecule has 34 heavy (non-hydrogen) atoms. The molecule has 3 nitrogen and oxygen atoms in total. The lowest BCUT2D eigenvalue weighted by Crippen LogP contribution is -2.22. The van der Waals surface area contributed by atoms with Crippen molar-refractivity contribution in [3.05, 3.63) is 113 Å². The van der Waals surface area contributed by atoms with Crippen LogP contribution in [-0.2, 0) is 25.9 Å². The summed E-state index contributed by atoms with van der Waals surface area (Å²) in [6.45, 7) is 4.48. The summed E-state index contributed by atoms with van der Waals surface area (Å²) in [7, 11) is 0. The second kappa shape index (κ2) is 8.66. The topological polar surface area (TPSA) is 45.4 Å². The van der Waals surface area contributed by atoms with E-state index < -0.39 is 0 Å². The van der Waals surface area contributed by atoms with Crippen molar-refractivity contribution in [3.8, 4) is 5.75 Å². The van der Waals surface area contributed by atoms with Crippen LogP contribution in [0.3, 0.4) is 0 Å². The predicted molar refractivity (Wildman–Crippen MR) is 138 cm³/mol. The molecule has 4 aromatic carbocycles. The average molecular weight is 448 g/mol. The molecule has 0 bridgehead atoms. The minimum absolute atomic E-state index is 0.176. The minimum Gasteiger partial charge on any atom is -0.505 e. The molecule has 0 amide bonds. The van der Waals surface area contributed by atoms with E-state index in [1.165, 1.54) is 63.2 Å². The van der Waals surface area contributed by atoms with E-state index in [0.29, 0.717) is 11.8 Å². The van der Waals surface area contributed by atoms with Gasteiger partial charge in [0.05, 0.1) is 6.26 Å². The number of benzene rings is 4. The molecule has 2 heterocycles. The summed E-state index contributed by atoms with van der Waals surface area (Å²) in [5, 5.41) is 17.4. The normalized spacial score (nSPS) is 18.9. The van der Waals surface area contributed by atoms with Gasteiger partial charge in [-0.15, -0.1) is 0 Å². The summed E-state index contributed by atoms with van der Waals surface area (Å²) < 4.78 is 4.46. The molecule has 7 rings (SSSR count). The molecule has 1 aromatic heterocycles. The molecular formula is C31H29NO2.